The minimum atomic E-state index is -4.69. The molecule has 1 heterocycles. The molecule has 0 amide bonds. The van der Waals surface area contributed by atoms with Gasteiger partial charge in [-0.05, 0) is 24.3 Å². The van der Waals surface area contributed by atoms with Gasteiger partial charge in [-0.15, -0.1) is 0 Å². The van der Waals surface area contributed by atoms with Crippen LogP contribution in [0.1, 0.15) is 5.56 Å². The number of hydrogen-bond donors (Lipinski definition) is 1. The van der Waals surface area contributed by atoms with Crippen molar-refractivity contribution >= 4 is 12.2 Å². The Kier molecular flexibility index (Phi) is 3.59. The lowest BCUT2D eigenvalue weighted by Crippen LogP contribution is -2.06. The van der Waals surface area contributed by atoms with E-state index in [4.69, 9.17) is 0 Å². The molecule has 1 aromatic heterocycles. The van der Waals surface area contributed by atoms with Crippen molar-refractivity contribution in [2.24, 2.45) is 0 Å². The molecular formula is C12H5F6NS. The van der Waals surface area contributed by atoms with E-state index in [1.54, 1.807) is 0 Å². The molecule has 0 aliphatic rings. The zero-order valence-corrected chi connectivity index (χ0v) is 10.3. The normalized spacial score (nSPS) is 11.7. The third-order valence-corrected chi connectivity index (χ3v) is 2.72. The van der Waals surface area contributed by atoms with Crippen LogP contribution < -0.4 is 0 Å². The van der Waals surface area contributed by atoms with E-state index in [9.17, 15) is 26.3 Å². The SMILES string of the molecule is Fc1ccc(-c2cc(C(F)(F)F)cc(=S)[nH]2)c(F)c1F. The average Bonchev–Trinajstić information content (AvgIpc) is 2.34. The molecule has 0 aliphatic carbocycles. The average molecular weight is 309 g/mol. The first-order valence-corrected chi connectivity index (χ1v) is 5.56. The lowest BCUT2D eigenvalue weighted by molar-refractivity contribution is -0.137. The number of pyridine rings is 1. The van der Waals surface area contributed by atoms with Crippen LogP contribution in [0.3, 0.4) is 0 Å². The fourth-order valence-electron chi connectivity index (χ4n) is 1.59. The fraction of sp³-hybridized carbons (Fsp3) is 0.0833. The number of nitrogens with one attached hydrogen (secondary N) is 1. The van der Waals surface area contributed by atoms with Crippen LogP contribution in [-0.2, 0) is 6.18 Å². The van der Waals surface area contributed by atoms with Crippen LogP contribution >= 0.6 is 12.2 Å². The highest BCUT2D eigenvalue weighted by Gasteiger charge is 2.31. The largest absolute Gasteiger partial charge is 0.416 e. The van der Waals surface area contributed by atoms with Crippen LogP contribution in [0.2, 0.25) is 0 Å². The second-order valence-electron chi connectivity index (χ2n) is 3.87. The Hall–Kier alpha value is -1.83. The van der Waals surface area contributed by atoms with Gasteiger partial charge in [-0.1, -0.05) is 12.2 Å². The number of halogens is 6. The molecule has 0 fully saturated rings. The molecule has 1 aromatic carbocycles. The first kappa shape index (κ1) is 14.6. The van der Waals surface area contributed by atoms with E-state index in [1.165, 1.54) is 0 Å². The summed E-state index contributed by atoms with van der Waals surface area (Å²) < 4.78 is 77.0. The quantitative estimate of drug-likeness (QED) is 0.452. The number of rotatable bonds is 1. The van der Waals surface area contributed by atoms with Gasteiger partial charge in [-0.2, -0.15) is 13.2 Å². The standard InChI is InChI=1S/C12H5F6NS/c13-7-2-1-6(10(14)11(7)15)8-3-5(12(16,17)18)4-9(20)19-8/h1-4H,(H,19,20). The lowest BCUT2D eigenvalue weighted by atomic mass is 10.1. The van der Waals surface area contributed by atoms with Gasteiger partial charge < -0.3 is 4.98 Å². The van der Waals surface area contributed by atoms with Crippen LogP contribution in [0.15, 0.2) is 24.3 Å². The highest BCUT2D eigenvalue weighted by molar-refractivity contribution is 7.71. The van der Waals surface area contributed by atoms with Crippen LogP contribution in [0.5, 0.6) is 0 Å². The molecule has 2 rings (SSSR count). The van der Waals surface area contributed by atoms with Gasteiger partial charge in [0.1, 0.15) is 4.64 Å². The molecule has 106 valence electrons. The third kappa shape index (κ3) is 2.69. The maximum absolute atomic E-state index is 13.6. The predicted molar refractivity (Wildman–Crippen MR) is 61.9 cm³/mol. The lowest BCUT2D eigenvalue weighted by Gasteiger charge is -2.10. The van der Waals surface area contributed by atoms with Gasteiger partial charge in [0, 0.05) is 5.56 Å². The first-order valence-electron chi connectivity index (χ1n) is 5.15. The van der Waals surface area contributed by atoms with Crippen LogP contribution in [0.4, 0.5) is 26.3 Å². The summed E-state index contributed by atoms with van der Waals surface area (Å²) in [5, 5.41) is 0. The van der Waals surface area contributed by atoms with E-state index >= 15 is 0 Å². The molecule has 20 heavy (non-hydrogen) atoms. The Bertz CT molecular complexity index is 719. The summed E-state index contributed by atoms with van der Waals surface area (Å²) in [6.45, 7) is 0. The molecule has 0 saturated carbocycles. The van der Waals surface area contributed by atoms with Crippen molar-refractivity contribution < 1.29 is 26.3 Å². The number of aromatic nitrogens is 1. The van der Waals surface area contributed by atoms with Gasteiger partial charge in [-0.3, -0.25) is 0 Å². The Morgan fingerprint density at radius 2 is 1.60 bits per heavy atom. The van der Waals surface area contributed by atoms with Gasteiger partial charge >= 0.3 is 6.18 Å². The number of alkyl halides is 3. The summed E-state index contributed by atoms with van der Waals surface area (Å²) in [5.74, 6) is -4.79. The van der Waals surface area contributed by atoms with Crippen molar-refractivity contribution in [3.63, 3.8) is 0 Å². The van der Waals surface area contributed by atoms with Crippen LogP contribution in [0, 0.1) is 22.1 Å². The maximum Gasteiger partial charge on any atom is 0.416 e. The minimum absolute atomic E-state index is 0.307. The van der Waals surface area contributed by atoms with E-state index in [2.05, 4.69) is 17.2 Å². The molecule has 8 heteroatoms. The van der Waals surface area contributed by atoms with E-state index < -0.39 is 34.8 Å². The third-order valence-electron chi connectivity index (χ3n) is 2.50. The van der Waals surface area contributed by atoms with Crippen molar-refractivity contribution in [1.29, 1.82) is 0 Å². The summed E-state index contributed by atoms with van der Waals surface area (Å²) in [6.07, 6.45) is -4.69. The van der Waals surface area contributed by atoms with Crippen LogP contribution in [-0.4, -0.2) is 4.98 Å². The topological polar surface area (TPSA) is 15.8 Å². The van der Waals surface area contributed by atoms with Crippen molar-refractivity contribution in [3.05, 3.63) is 51.9 Å². The Labute approximate surface area is 113 Å². The summed E-state index contributed by atoms with van der Waals surface area (Å²) in [4.78, 5) is 2.31. The van der Waals surface area contributed by atoms with Gasteiger partial charge in [-0.25, -0.2) is 13.2 Å². The molecule has 0 radical (unpaired) electrons. The zero-order chi connectivity index (χ0) is 15.1. The zero-order valence-electron chi connectivity index (χ0n) is 9.49. The highest BCUT2D eigenvalue weighted by Crippen LogP contribution is 2.32. The van der Waals surface area contributed by atoms with Gasteiger partial charge in [0.2, 0.25) is 0 Å². The first-order chi connectivity index (χ1) is 9.20. The van der Waals surface area contributed by atoms with Crippen molar-refractivity contribution in [3.8, 4) is 11.3 Å². The van der Waals surface area contributed by atoms with E-state index in [0.717, 1.165) is 6.07 Å². The summed E-state index contributed by atoms with van der Waals surface area (Å²) in [7, 11) is 0. The molecule has 1 nitrogen and oxygen atoms in total. The van der Waals surface area contributed by atoms with Crippen molar-refractivity contribution in [2.45, 2.75) is 6.18 Å². The number of H-pyrrole nitrogens is 1. The molecular weight excluding hydrogens is 304 g/mol. The van der Waals surface area contributed by atoms with E-state index in [0.29, 0.717) is 18.2 Å². The highest BCUT2D eigenvalue weighted by atomic mass is 32.1. The molecule has 0 bridgehead atoms. The van der Waals surface area contributed by atoms with Gasteiger partial charge in [0.15, 0.2) is 17.5 Å². The Balaban J connectivity index is 2.68. The smallest absolute Gasteiger partial charge is 0.346 e. The van der Waals surface area contributed by atoms with Crippen molar-refractivity contribution in [2.75, 3.05) is 0 Å². The summed E-state index contributed by atoms with van der Waals surface area (Å²) >= 11 is 4.61. The number of aromatic amines is 1. The van der Waals surface area contributed by atoms with Gasteiger partial charge in [0.05, 0.1) is 11.3 Å². The predicted octanol–water partition coefficient (Wildman–Crippen LogP) is 4.85. The molecule has 2 aromatic rings. The monoisotopic (exact) mass is 309 g/mol. The summed E-state index contributed by atoms with van der Waals surface area (Å²) in [5.41, 5.74) is -2.04. The second-order valence-corrected chi connectivity index (χ2v) is 4.31. The van der Waals surface area contributed by atoms with E-state index in [-0.39, 0.29) is 10.3 Å². The molecule has 1 N–H and O–H groups in total. The number of benzene rings is 1. The fourth-order valence-corrected chi connectivity index (χ4v) is 1.82. The Morgan fingerprint density at radius 3 is 2.20 bits per heavy atom. The molecule has 0 saturated heterocycles. The Morgan fingerprint density at radius 1 is 0.950 bits per heavy atom. The van der Waals surface area contributed by atoms with Crippen molar-refractivity contribution in [1.82, 2.24) is 4.98 Å². The second kappa shape index (κ2) is 4.93. The maximum atomic E-state index is 13.6. The van der Waals surface area contributed by atoms with Gasteiger partial charge in [0.25, 0.3) is 0 Å². The minimum Gasteiger partial charge on any atom is -0.346 e. The summed E-state index contributed by atoms with van der Waals surface area (Å²) in [6, 6.07) is 2.67. The van der Waals surface area contributed by atoms with E-state index in [1.807, 2.05) is 0 Å². The molecule has 0 spiro atoms. The molecule has 0 aliphatic heterocycles. The van der Waals surface area contributed by atoms with Crippen LogP contribution in [0.25, 0.3) is 11.3 Å². The molecule has 0 atom stereocenters. The number of hydrogen-bond acceptors (Lipinski definition) is 1. The molecule has 0 unspecified atom stereocenters.